The van der Waals surface area contributed by atoms with Crippen LogP contribution >= 0.6 is 0 Å². The number of ether oxygens (including phenoxy) is 1. The average molecular weight is 630 g/mol. The van der Waals surface area contributed by atoms with E-state index in [4.69, 9.17) is 4.74 Å². The molecule has 10 heteroatoms. The van der Waals surface area contributed by atoms with Crippen LogP contribution in [0.2, 0.25) is 0 Å². The van der Waals surface area contributed by atoms with Gasteiger partial charge in [-0.05, 0) is 23.7 Å². The number of benzene rings is 1. The Balaban J connectivity index is 0.00000306. The van der Waals surface area contributed by atoms with E-state index in [1.54, 1.807) is 42.9 Å². The maximum absolute atomic E-state index is 14.6. The molecule has 1 aromatic carbocycles. The maximum atomic E-state index is 14.6. The number of hydrogen-bond acceptors (Lipinski definition) is 6. The molecular formula is C23H20F2N6OPt. The van der Waals surface area contributed by atoms with Crippen LogP contribution in [0.1, 0.15) is 0 Å². The predicted molar refractivity (Wildman–Crippen MR) is 118 cm³/mol. The minimum absolute atomic E-state index is 0. The molecule has 0 atom stereocenters. The Morgan fingerprint density at radius 1 is 0.879 bits per heavy atom. The first-order valence-corrected chi connectivity index (χ1v) is 9.68. The third-order valence-electron chi connectivity index (χ3n) is 4.66. The quantitative estimate of drug-likeness (QED) is 0.297. The molecule has 7 nitrogen and oxygen atoms in total. The van der Waals surface area contributed by atoms with Crippen LogP contribution in [0.25, 0.3) is 22.8 Å². The van der Waals surface area contributed by atoms with Crippen LogP contribution in [0, 0.1) is 17.7 Å². The molecule has 0 amide bonds. The standard InChI is InChI=1S/C23H20F2N6O.Pt/c1-30(2)14-5-6-26-19(9-14)16-12-21(18(25)13-17(16)24)32-22-11-15(31(3)4)10-20(29-22)23-27-7-8-28-23;/h5-11,13H,1-4H3;/q-2;+2. The van der Waals surface area contributed by atoms with Crippen LogP contribution < -0.4 is 19.5 Å². The van der Waals surface area contributed by atoms with E-state index >= 15 is 0 Å². The first kappa shape index (κ1) is 24.3. The van der Waals surface area contributed by atoms with Gasteiger partial charge in [0.1, 0.15) is 0 Å². The third kappa shape index (κ3) is 5.37. The maximum Gasteiger partial charge on any atom is 2.00 e. The third-order valence-corrected chi connectivity index (χ3v) is 4.66. The summed E-state index contributed by atoms with van der Waals surface area (Å²) in [7, 11) is 7.41. The first-order chi connectivity index (χ1) is 15.3. The number of pyridine rings is 2. The normalized spacial score (nSPS) is 10.5. The molecule has 4 rings (SSSR count). The molecule has 0 saturated heterocycles. The van der Waals surface area contributed by atoms with Crippen LogP contribution in [0.5, 0.6) is 11.6 Å². The van der Waals surface area contributed by atoms with Crippen molar-refractivity contribution in [1.82, 2.24) is 19.9 Å². The molecule has 172 valence electrons. The van der Waals surface area contributed by atoms with Crippen molar-refractivity contribution in [2.24, 2.45) is 0 Å². The zero-order valence-electron chi connectivity index (χ0n) is 18.3. The second-order valence-corrected chi connectivity index (χ2v) is 7.39. The molecule has 0 unspecified atom stereocenters. The number of imidazole rings is 1. The van der Waals surface area contributed by atoms with Crippen molar-refractivity contribution in [1.29, 1.82) is 0 Å². The molecule has 0 aliphatic carbocycles. The van der Waals surface area contributed by atoms with Gasteiger partial charge in [0.15, 0.2) is 0 Å². The molecule has 3 aromatic heterocycles. The number of anilines is 2. The summed E-state index contributed by atoms with van der Waals surface area (Å²) in [6, 6.07) is 10.3. The van der Waals surface area contributed by atoms with Gasteiger partial charge in [0, 0.05) is 57.6 Å². The summed E-state index contributed by atoms with van der Waals surface area (Å²) >= 11 is 0. The Kier molecular flexibility index (Phi) is 7.43. The van der Waals surface area contributed by atoms with E-state index in [1.165, 1.54) is 0 Å². The number of aromatic nitrogens is 4. The summed E-state index contributed by atoms with van der Waals surface area (Å²) < 4.78 is 34.9. The van der Waals surface area contributed by atoms with Crippen LogP contribution in [-0.2, 0) is 21.1 Å². The fourth-order valence-electron chi connectivity index (χ4n) is 2.97. The zero-order chi connectivity index (χ0) is 22.8. The monoisotopic (exact) mass is 629 g/mol. The van der Waals surface area contributed by atoms with Gasteiger partial charge in [-0.15, -0.1) is 0 Å². The van der Waals surface area contributed by atoms with E-state index in [2.05, 4.69) is 26.0 Å². The van der Waals surface area contributed by atoms with Gasteiger partial charge in [0.2, 0.25) is 5.88 Å². The molecular weight excluding hydrogens is 609 g/mol. The van der Waals surface area contributed by atoms with Gasteiger partial charge >= 0.3 is 21.1 Å². The van der Waals surface area contributed by atoms with E-state index < -0.39 is 11.6 Å². The molecule has 4 aromatic rings. The summed E-state index contributed by atoms with van der Waals surface area (Å²) in [6.07, 6.45) is 4.65. The molecule has 0 aliphatic heterocycles. The first-order valence-electron chi connectivity index (χ1n) is 9.68. The van der Waals surface area contributed by atoms with Crippen LogP contribution in [0.15, 0.2) is 48.9 Å². The van der Waals surface area contributed by atoms with Crippen LogP contribution in [0.4, 0.5) is 20.2 Å². The summed E-state index contributed by atoms with van der Waals surface area (Å²) in [5.74, 6) is -1.49. The number of nitrogens with zero attached hydrogens (tertiary/aromatic N) is 6. The molecule has 3 heterocycles. The molecule has 0 aliphatic rings. The number of rotatable bonds is 6. The number of halogens is 2. The van der Waals surface area contributed by atoms with Crippen LogP contribution in [-0.4, -0.2) is 43.1 Å². The Labute approximate surface area is 204 Å². The minimum Gasteiger partial charge on any atom is -0.456 e. The fourth-order valence-corrected chi connectivity index (χ4v) is 2.97. The van der Waals surface area contributed by atoms with Gasteiger partial charge in [-0.1, -0.05) is 36.2 Å². The molecule has 33 heavy (non-hydrogen) atoms. The molecule has 0 spiro atoms. The molecule has 0 fully saturated rings. The van der Waals surface area contributed by atoms with Crippen LogP contribution in [0.3, 0.4) is 0 Å². The zero-order valence-corrected chi connectivity index (χ0v) is 20.6. The Hall–Kier alpha value is -3.32. The largest absolute Gasteiger partial charge is 2.00 e. The Morgan fingerprint density at radius 3 is 2.27 bits per heavy atom. The molecule has 0 bridgehead atoms. The van der Waals surface area contributed by atoms with Gasteiger partial charge in [-0.2, -0.15) is 0 Å². The average Bonchev–Trinajstić information content (AvgIpc) is 3.30. The van der Waals surface area contributed by atoms with Crippen molar-refractivity contribution in [3.8, 4) is 34.4 Å². The summed E-state index contributed by atoms with van der Waals surface area (Å²) in [4.78, 5) is 20.6. The Bertz CT molecular complexity index is 1250. The summed E-state index contributed by atoms with van der Waals surface area (Å²) in [5.41, 5.74) is 2.32. The van der Waals surface area contributed by atoms with Gasteiger partial charge in [-0.3, -0.25) is 8.78 Å². The van der Waals surface area contributed by atoms with Crippen molar-refractivity contribution in [3.63, 3.8) is 0 Å². The van der Waals surface area contributed by atoms with Gasteiger partial charge in [0.25, 0.3) is 0 Å². The van der Waals surface area contributed by atoms with E-state index in [-0.39, 0.29) is 38.3 Å². The summed E-state index contributed by atoms with van der Waals surface area (Å²) in [5, 5.41) is 0. The van der Waals surface area contributed by atoms with Crippen molar-refractivity contribution in [3.05, 3.63) is 66.6 Å². The second-order valence-electron chi connectivity index (χ2n) is 7.39. The van der Waals surface area contributed by atoms with Gasteiger partial charge < -0.3 is 29.5 Å². The van der Waals surface area contributed by atoms with Crippen molar-refractivity contribution < 1.29 is 34.6 Å². The van der Waals surface area contributed by atoms with Crippen molar-refractivity contribution in [2.75, 3.05) is 38.0 Å². The smallest absolute Gasteiger partial charge is 0.456 e. The number of hydrogen-bond donors (Lipinski definition) is 0. The van der Waals surface area contributed by atoms with E-state index in [0.29, 0.717) is 17.2 Å². The topological polar surface area (TPSA) is 68.5 Å². The predicted octanol–water partition coefficient (Wildman–Crippen LogP) is 4.16. The Morgan fingerprint density at radius 2 is 1.61 bits per heavy atom. The van der Waals surface area contributed by atoms with Crippen molar-refractivity contribution in [2.45, 2.75) is 0 Å². The summed E-state index contributed by atoms with van der Waals surface area (Å²) in [6.45, 7) is 0. The van der Waals surface area contributed by atoms with E-state index in [1.807, 2.05) is 38.0 Å². The van der Waals surface area contributed by atoms with E-state index in [9.17, 15) is 8.78 Å². The molecule has 0 N–H and O–H groups in total. The molecule has 0 radical (unpaired) electrons. The second kappa shape index (κ2) is 10.1. The van der Waals surface area contributed by atoms with Gasteiger partial charge in [-0.25, -0.2) is 4.98 Å². The SMILES string of the molecule is CN(C)c1cc(Oc2[c-]c(-c3cc(N(C)C)ccn3)c(F)cc2F)nc(-c2ncc[n-]2)c1.[Pt+2]. The van der Waals surface area contributed by atoms with E-state index in [0.717, 1.165) is 17.4 Å². The minimum atomic E-state index is -0.904. The van der Waals surface area contributed by atoms with Gasteiger partial charge in [0.05, 0.1) is 17.3 Å². The molecule has 0 saturated carbocycles. The van der Waals surface area contributed by atoms with Crippen molar-refractivity contribution >= 4 is 11.4 Å². The fraction of sp³-hybridized carbons (Fsp3) is 0.174.